The second-order valence-electron chi connectivity index (χ2n) is 11.7. The van der Waals surface area contributed by atoms with Gasteiger partial charge in [0.1, 0.15) is 28.3 Å². The average molecular weight is 639 g/mol. The van der Waals surface area contributed by atoms with Gasteiger partial charge in [-0.3, -0.25) is 14.9 Å². The maximum absolute atomic E-state index is 15.0. The van der Waals surface area contributed by atoms with Crippen molar-refractivity contribution >= 4 is 49.7 Å². The first-order valence-corrected chi connectivity index (χ1v) is 15.7. The van der Waals surface area contributed by atoms with Crippen molar-refractivity contribution in [1.82, 2.24) is 14.7 Å². The second kappa shape index (κ2) is 11.3. The topological polar surface area (TPSA) is 169 Å². The van der Waals surface area contributed by atoms with Crippen molar-refractivity contribution in [2.75, 3.05) is 36.5 Å². The molecule has 1 amide bonds. The molecule has 6 rings (SSSR count). The molecule has 2 aliphatic heterocycles. The number of nitrogens with zero attached hydrogens (tertiary/aromatic N) is 3. The van der Waals surface area contributed by atoms with Crippen LogP contribution < -0.4 is 19.7 Å². The van der Waals surface area contributed by atoms with E-state index in [1.165, 1.54) is 12.1 Å². The van der Waals surface area contributed by atoms with Crippen LogP contribution in [0, 0.1) is 10.1 Å². The number of pyridine rings is 1. The summed E-state index contributed by atoms with van der Waals surface area (Å²) in [6.45, 7) is 4.34. The highest BCUT2D eigenvalue weighted by Crippen LogP contribution is 2.42. The number of fused-ring (bicyclic) bond motifs is 2. The van der Waals surface area contributed by atoms with E-state index in [-0.39, 0.29) is 43.9 Å². The van der Waals surface area contributed by atoms with Gasteiger partial charge in [-0.05, 0) is 50.2 Å². The molecule has 1 saturated heterocycles. The molecule has 1 fully saturated rings. The Balaban J connectivity index is 1.28. The Bertz CT molecular complexity index is 1910. The first kappa shape index (κ1) is 30.3. The summed E-state index contributed by atoms with van der Waals surface area (Å²) in [4.78, 5) is 33.7. The largest absolute Gasteiger partial charge is 0.468 e. The Morgan fingerprint density at radius 1 is 1.13 bits per heavy atom. The normalized spacial score (nSPS) is 17.3. The van der Waals surface area contributed by atoms with E-state index >= 15 is 4.39 Å². The fourth-order valence-corrected chi connectivity index (χ4v) is 6.47. The zero-order chi connectivity index (χ0) is 32.0. The molecule has 3 N–H and O–H groups in total. The number of H-pyrrole nitrogens is 1. The molecule has 15 heteroatoms. The van der Waals surface area contributed by atoms with Crippen molar-refractivity contribution in [3.05, 3.63) is 76.5 Å². The number of benzene rings is 2. The van der Waals surface area contributed by atoms with Crippen LogP contribution in [0.15, 0.2) is 65.7 Å². The molecule has 0 atom stereocenters. The fraction of sp³-hybridized carbons (Fsp3) is 0.333. The molecule has 4 heterocycles. The Morgan fingerprint density at radius 2 is 1.89 bits per heavy atom. The van der Waals surface area contributed by atoms with Gasteiger partial charge in [0.25, 0.3) is 21.6 Å². The van der Waals surface area contributed by atoms with Crippen molar-refractivity contribution in [2.45, 2.75) is 42.9 Å². The molecule has 2 aromatic heterocycles. The van der Waals surface area contributed by atoms with Gasteiger partial charge >= 0.3 is 0 Å². The number of anilines is 3. The van der Waals surface area contributed by atoms with E-state index in [1.807, 2.05) is 30.9 Å². The lowest BCUT2D eigenvalue weighted by Crippen LogP contribution is -2.45. The summed E-state index contributed by atoms with van der Waals surface area (Å²) in [7, 11) is -4.56. The van der Waals surface area contributed by atoms with E-state index in [1.54, 1.807) is 24.4 Å². The van der Waals surface area contributed by atoms with Crippen LogP contribution in [-0.4, -0.2) is 66.8 Å². The number of alkyl halides is 1. The highest BCUT2D eigenvalue weighted by Gasteiger charge is 2.36. The SMILES string of the molecule is CC1(C)CN(c2ccccc2C(=O)NS(=O)(=O)c2ccc(NCC3(F)CCOCC3)c([N+](=O)[O-])c2)c2cc3cc[nH]c3nc2O1. The molecule has 0 radical (unpaired) electrons. The number of aromatic amines is 1. The third-order valence-corrected chi connectivity index (χ3v) is 9.14. The zero-order valence-electron chi connectivity index (χ0n) is 24.5. The number of nitro benzene ring substituents is 1. The Morgan fingerprint density at radius 3 is 2.64 bits per heavy atom. The van der Waals surface area contributed by atoms with Gasteiger partial charge < -0.3 is 24.7 Å². The van der Waals surface area contributed by atoms with Crippen LogP contribution >= 0.6 is 0 Å². The molecule has 0 spiro atoms. The van der Waals surface area contributed by atoms with Crippen molar-refractivity contribution in [2.24, 2.45) is 0 Å². The summed E-state index contributed by atoms with van der Waals surface area (Å²) in [6.07, 6.45) is 2.02. The lowest BCUT2D eigenvalue weighted by atomic mass is 9.96. The maximum atomic E-state index is 15.0. The van der Waals surface area contributed by atoms with Gasteiger partial charge in [-0.2, -0.15) is 4.98 Å². The molecular formula is C30H31FN6O7S. The molecule has 0 saturated carbocycles. The molecule has 4 aromatic rings. The summed E-state index contributed by atoms with van der Waals surface area (Å²) in [5, 5.41) is 15.4. The predicted octanol–water partition coefficient (Wildman–Crippen LogP) is 4.83. The minimum atomic E-state index is -4.56. The quantitative estimate of drug-likeness (QED) is 0.180. The third kappa shape index (κ3) is 6.13. The van der Waals surface area contributed by atoms with E-state index in [0.717, 1.165) is 17.5 Å². The van der Waals surface area contributed by atoms with E-state index in [2.05, 4.69) is 20.0 Å². The van der Waals surface area contributed by atoms with Crippen LogP contribution in [0.3, 0.4) is 0 Å². The Labute approximate surface area is 257 Å². The summed E-state index contributed by atoms with van der Waals surface area (Å²) < 4.78 is 55.1. The highest BCUT2D eigenvalue weighted by atomic mass is 32.2. The Hall–Kier alpha value is -4.76. The summed E-state index contributed by atoms with van der Waals surface area (Å²) in [5.41, 5.74) is -1.25. The predicted molar refractivity (Wildman–Crippen MR) is 164 cm³/mol. The summed E-state index contributed by atoms with van der Waals surface area (Å²) in [5.74, 6) is -0.587. The highest BCUT2D eigenvalue weighted by molar-refractivity contribution is 7.90. The number of nitro groups is 1. The van der Waals surface area contributed by atoms with Gasteiger partial charge in [-0.1, -0.05) is 12.1 Å². The number of para-hydroxylation sites is 1. The van der Waals surface area contributed by atoms with Gasteiger partial charge in [0.05, 0.1) is 27.6 Å². The van der Waals surface area contributed by atoms with Crippen LogP contribution in [0.2, 0.25) is 0 Å². The van der Waals surface area contributed by atoms with Crippen LogP contribution in [0.5, 0.6) is 5.88 Å². The number of hydrogen-bond donors (Lipinski definition) is 3. The van der Waals surface area contributed by atoms with E-state index < -0.39 is 42.7 Å². The number of sulfonamides is 1. The average Bonchev–Trinajstić information content (AvgIpc) is 3.45. The number of hydrogen-bond acceptors (Lipinski definition) is 10. The third-order valence-electron chi connectivity index (χ3n) is 7.81. The number of carbonyl (C=O) groups is 1. The van der Waals surface area contributed by atoms with Crippen LogP contribution in [0.4, 0.5) is 27.1 Å². The van der Waals surface area contributed by atoms with E-state index in [0.29, 0.717) is 29.4 Å². The molecule has 45 heavy (non-hydrogen) atoms. The number of halogens is 1. The van der Waals surface area contributed by atoms with Crippen molar-refractivity contribution in [1.29, 1.82) is 0 Å². The smallest absolute Gasteiger partial charge is 0.293 e. The number of aromatic nitrogens is 2. The van der Waals surface area contributed by atoms with E-state index in [9.17, 15) is 23.3 Å². The molecule has 13 nitrogen and oxygen atoms in total. The van der Waals surface area contributed by atoms with Crippen LogP contribution in [0.25, 0.3) is 11.0 Å². The maximum Gasteiger partial charge on any atom is 0.293 e. The standard InChI is InChI=1S/C30H31FN6O7S/c1-29(2)18-36(25-15-19-9-12-32-26(19)34-28(25)44-29)23-6-4-3-5-21(23)27(38)35-45(41,42)20-7-8-22(24(16-20)37(39)40)33-17-30(31)10-13-43-14-11-30/h3-9,12,15-16,33H,10-11,13-14,17-18H2,1-2H3,(H,32,34)(H,35,38). The first-order valence-electron chi connectivity index (χ1n) is 14.2. The molecule has 0 aliphatic carbocycles. The van der Waals surface area contributed by atoms with Crippen LogP contribution in [0.1, 0.15) is 37.0 Å². The monoisotopic (exact) mass is 638 g/mol. The molecule has 0 unspecified atom stereocenters. The first-order chi connectivity index (χ1) is 21.3. The molecule has 236 valence electrons. The second-order valence-corrected chi connectivity index (χ2v) is 13.4. The van der Waals surface area contributed by atoms with Gasteiger partial charge in [0.2, 0.25) is 5.88 Å². The number of carbonyl (C=O) groups excluding carboxylic acids is 1. The number of nitrogens with one attached hydrogen (secondary N) is 3. The molecule has 2 aliphatic rings. The lowest BCUT2D eigenvalue weighted by molar-refractivity contribution is -0.384. The molecular weight excluding hydrogens is 607 g/mol. The zero-order valence-corrected chi connectivity index (χ0v) is 25.3. The van der Waals surface area contributed by atoms with Gasteiger partial charge in [0.15, 0.2) is 0 Å². The van der Waals surface area contributed by atoms with Crippen molar-refractivity contribution in [3.63, 3.8) is 0 Å². The molecule has 2 aromatic carbocycles. The minimum Gasteiger partial charge on any atom is -0.468 e. The number of ether oxygens (including phenoxy) is 2. The van der Waals surface area contributed by atoms with Gasteiger partial charge in [0, 0.05) is 50.2 Å². The van der Waals surface area contributed by atoms with Gasteiger partial charge in [-0.15, -0.1) is 0 Å². The fourth-order valence-electron chi connectivity index (χ4n) is 5.48. The lowest BCUT2D eigenvalue weighted by Gasteiger charge is -2.40. The Kier molecular flexibility index (Phi) is 7.61. The molecule has 0 bridgehead atoms. The number of rotatable bonds is 8. The summed E-state index contributed by atoms with van der Waals surface area (Å²) in [6, 6.07) is 13.4. The van der Waals surface area contributed by atoms with Crippen molar-refractivity contribution < 1.29 is 32.0 Å². The van der Waals surface area contributed by atoms with Crippen molar-refractivity contribution in [3.8, 4) is 5.88 Å². The summed E-state index contributed by atoms with van der Waals surface area (Å²) >= 11 is 0. The van der Waals surface area contributed by atoms with Gasteiger partial charge in [-0.25, -0.2) is 17.5 Å². The number of amides is 1. The van der Waals surface area contributed by atoms with E-state index in [4.69, 9.17) is 9.47 Å². The minimum absolute atomic E-state index is 0.0436. The van der Waals surface area contributed by atoms with Crippen LogP contribution in [-0.2, 0) is 14.8 Å².